The minimum absolute atomic E-state index is 0.0595. The highest BCUT2D eigenvalue weighted by atomic mass is 32.2. The molecule has 0 fully saturated rings. The number of halogens is 2. The van der Waals surface area contributed by atoms with Gasteiger partial charge in [0.2, 0.25) is 5.95 Å². The van der Waals surface area contributed by atoms with Gasteiger partial charge in [0, 0.05) is 62.1 Å². The van der Waals surface area contributed by atoms with Crippen molar-refractivity contribution in [1.29, 1.82) is 0 Å². The van der Waals surface area contributed by atoms with Crippen LogP contribution in [-0.2, 0) is 16.9 Å². The lowest BCUT2D eigenvalue weighted by Crippen LogP contribution is -2.29. The first kappa shape index (κ1) is 32.7. The Bertz CT molecular complexity index is 1750. The van der Waals surface area contributed by atoms with E-state index in [2.05, 4.69) is 20.6 Å². The summed E-state index contributed by atoms with van der Waals surface area (Å²) in [5.41, 5.74) is 3.66. The van der Waals surface area contributed by atoms with Gasteiger partial charge < -0.3 is 29.7 Å². The highest BCUT2D eigenvalue weighted by molar-refractivity contribution is 7.92. The summed E-state index contributed by atoms with van der Waals surface area (Å²) in [5.74, 6) is 0.110. The number of nitrogens with zero attached hydrogens (tertiary/aromatic N) is 5. The Morgan fingerprint density at radius 1 is 1.07 bits per heavy atom. The molecule has 236 valence electrons. The van der Waals surface area contributed by atoms with Gasteiger partial charge in [0.05, 0.1) is 32.9 Å². The second-order valence-electron chi connectivity index (χ2n) is 10.9. The maximum atomic E-state index is 13.5. The molecule has 0 spiro atoms. The lowest BCUT2D eigenvalue weighted by molar-refractivity contribution is -0.0493. The van der Waals surface area contributed by atoms with E-state index in [1.54, 1.807) is 62.6 Å². The van der Waals surface area contributed by atoms with Crippen molar-refractivity contribution in [2.24, 2.45) is 7.05 Å². The van der Waals surface area contributed by atoms with E-state index in [9.17, 15) is 17.2 Å². The van der Waals surface area contributed by atoms with E-state index in [0.717, 1.165) is 23.0 Å². The Kier molecular flexibility index (Phi) is 10.1. The summed E-state index contributed by atoms with van der Waals surface area (Å²) in [6, 6.07) is 10.0. The number of hydrogen-bond acceptors (Lipinski definition) is 9. The van der Waals surface area contributed by atoms with Crippen LogP contribution in [-0.4, -0.2) is 73.9 Å². The number of rotatable bonds is 13. The number of nitrogens with one attached hydrogen (secondary N) is 2. The number of allylic oxidation sites excluding steroid dienone is 1. The molecule has 2 aromatic carbocycles. The van der Waals surface area contributed by atoms with E-state index in [1.165, 1.54) is 0 Å². The summed E-state index contributed by atoms with van der Waals surface area (Å²) in [7, 11) is 4.20. The molecule has 2 aromatic heterocycles. The quantitative estimate of drug-likeness (QED) is 0.182. The summed E-state index contributed by atoms with van der Waals surface area (Å²) < 4.78 is 59.4. The van der Waals surface area contributed by atoms with Crippen molar-refractivity contribution >= 4 is 43.8 Å². The van der Waals surface area contributed by atoms with Crippen LogP contribution in [0.4, 0.5) is 31.8 Å². The van der Waals surface area contributed by atoms with Crippen molar-refractivity contribution in [3.05, 3.63) is 61.1 Å². The van der Waals surface area contributed by atoms with Crippen molar-refractivity contribution in [2.45, 2.75) is 37.5 Å². The predicted octanol–water partition coefficient (Wildman–Crippen LogP) is 6.11. The zero-order chi connectivity index (χ0) is 32.2. The molecule has 4 aromatic rings. The normalized spacial score (nSPS) is 12.2. The summed E-state index contributed by atoms with van der Waals surface area (Å²) in [6.45, 7) is 3.54. The summed E-state index contributed by atoms with van der Waals surface area (Å²) in [6.07, 6.45) is 7.02. The highest BCUT2D eigenvalue weighted by Gasteiger charge is 2.22. The molecule has 2 N–H and O–H groups in total. The summed E-state index contributed by atoms with van der Waals surface area (Å²) in [4.78, 5) is 13.3. The molecule has 13 heteroatoms. The number of fused-ring (bicyclic) bond motifs is 1. The van der Waals surface area contributed by atoms with E-state index >= 15 is 0 Å². The highest BCUT2D eigenvalue weighted by Crippen LogP contribution is 2.39. The Labute approximate surface area is 257 Å². The van der Waals surface area contributed by atoms with Gasteiger partial charge in [-0.3, -0.25) is 0 Å². The maximum Gasteiger partial charge on any atom is 0.387 e. The largest absolute Gasteiger partial charge is 0.433 e. The van der Waals surface area contributed by atoms with Crippen molar-refractivity contribution in [1.82, 2.24) is 19.4 Å². The van der Waals surface area contributed by atoms with Gasteiger partial charge >= 0.3 is 6.61 Å². The molecular weight excluding hydrogens is 588 g/mol. The second kappa shape index (κ2) is 13.6. The molecule has 0 bridgehead atoms. The third-order valence-electron chi connectivity index (χ3n) is 7.10. The molecule has 4 rings (SSSR count). The minimum Gasteiger partial charge on any atom is -0.433 e. The number of aromatic nitrogens is 3. The third-order valence-corrected chi connectivity index (χ3v) is 9.25. The third kappa shape index (κ3) is 7.28. The van der Waals surface area contributed by atoms with Crippen LogP contribution in [0.25, 0.3) is 22.2 Å². The lowest BCUT2D eigenvalue weighted by Gasteiger charge is -2.26. The van der Waals surface area contributed by atoms with Crippen molar-refractivity contribution in [2.75, 3.05) is 49.8 Å². The number of anilines is 4. The van der Waals surface area contributed by atoms with Crippen LogP contribution in [0.1, 0.15) is 20.8 Å². The van der Waals surface area contributed by atoms with Gasteiger partial charge in [0.25, 0.3) is 0 Å². The van der Waals surface area contributed by atoms with Gasteiger partial charge in [-0.1, -0.05) is 12.1 Å². The number of sulfone groups is 1. The van der Waals surface area contributed by atoms with Crippen LogP contribution in [0, 0.1) is 0 Å². The average Bonchev–Trinajstić information content (AvgIpc) is 3.31. The summed E-state index contributed by atoms with van der Waals surface area (Å²) >= 11 is 0. The predicted molar refractivity (Wildman–Crippen MR) is 173 cm³/mol. The molecule has 0 saturated carbocycles. The molecule has 0 unspecified atom stereocenters. The number of ether oxygens (including phenoxy) is 1. The van der Waals surface area contributed by atoms with Crippen molar-refractivity contribution in [3.8, 4) is 17.0 Å². The first-order valence-corrected chi connectivity index (χ1v) is 15.7. The van der Waals surface area contributed by atoms with Gasteiger partial charge in [0.15, 0.2) is 15.6 Å². The number of hydrogen-bond donors (Lipinski definition) is 2. The van der Waals surface area contributed by atoms with Crippen molar-refractivity contribution in [3.63, 3.8) is 0 Å². The Hall–Kier alpha value is -4.23. The number of likely N-dealkylation sites (N-methyl/N-ethyl adjacent to an activating group) is 2. The molecule has 2 heterocycles. The average molecular weight is 628 g/mol. The first-order chi connectivity index (χ1) is 20.8. The molecule has 0 aliphatic carbocycles. The lowest BCUT2D eigenvalue weighted by atomic mass is 10.1. The standard InChI is InChI=1S/C31H39F2N7O3S/c1-8-12-34-25-17-26(29(43-30(32)33)18-28(25)39(6)15-14-38(4)5)37-31-35-13-11-24(36-31)23-19-40(7)27-16-21(9-10-22(23)27)44(41,42)20(2)3/h8-13,16-20,30,34H,14-15H2,1-7H3,(H,35,36,37). The zero-order valence-electron chi connectivity index (χ0n) is 26.0. The van der Waals surface area contributed by atoms with Crippen LogP contribution >= 0.6 is 0 Å². The molecule has 0 saturated heterocycles. The Balaban J connectivity index is 1.74. The molecule has 0 amide bonds. The van der Waals surface area contributed by atoms with Crippen molar-refractivity contribution < 1.29 is 21.9 Å². The second-order valence-corrected chi connectivity index (χ2v) is 13.4. The Morgan fingerprint density at radius 2 is 1.82 bits per heavy atom. The SMILES string of the molecule is CC=CNc1cc(Nc2nccc(-c3cn(C)c4cc(S(=O)(=O)C(C)C)ccc34)n2)c(OC(F)F)cc1N(C)CCN(C)C. The maximum absolute atomic E-state index is 13.5. The van der Waals surface area contributed by atoms with Gasteiger partial charge in [-0.15, -0.1) is 0 Å². The minimum atomic E-state index is -3.45. The van der Waals surface area contributed by atoms with Crippen LogP contribution in [0.3, 0.4) is 0 Å². The fourth-order valence-corrected chi connectivity index (χ4v) is 5.72. The molecule has 0 atom stereocenters. The van der Waals surface area contributed by atoms with Crippen LogP contribution in [0.15, 0.2) is 66.0 Å². The fraction of sp³-hybridized carbons (Fsp3) is 0.355. The van der Waals surface area contributed by atoms with Gasteiger partial charge in [-0.05, 0) is 65.3 Å². The van der Waals surface area contributed by atoms with E-state index < -0.39 is 21.7 Å². The van der Waals surface area contributed by atoms with E-state index in [-0.39, 0.29) is 22.3 Å². The molecule has 44 heavy (non-hydrogen) atoms. The molecule has 0 aliphatic rings. The van der Waals surface area contributed by atoms with Crippen LogP contribution in [0.5, 0.6) is 5.75 Å². The number of aryl methyl sites for hydroxylation is 1. The molecular formula is C31H39F2N7O3S. The Morgan fingerprint density at radius 3 is 2.48 bits per heavy atom. The first-order valence-electron chi connectivity index (χ1n) is 14.1. The molecule has 0 aliphatic heterocycles. The van der Waals surface area contributed by atoms with E-state index in [0.29, 0.717) is 23.6 Å². The van der Waals surface area contributed by atoms with Gasteiger partial charge in [-0.2, -0.15) is 8.78 Å². The van der Waals surface area contributed by atoms with Crippen LogP contribution < -0.4 is 20.3 Å². The van der Waals surface area contributed by atoms with Gasteiger partial charge in [-0.25, -0.2) is 18.4 Å². The molecule has 10 nitrogen and oxygen atoms in total. The zero-order valence-corrected chi connectivity index (χ0v) is 26.8. The number of benzene rings is 2. The number of alkyl halides is 2. The van der Waals surface area contributed by atoms with Gasteiger partial charge in [0.1, 0.15) is 0 Å². The van der Waals surface area contributed by atoms with Crippen LogP contribution in [0.2, 0.25) is 0 Å². The molecule has 0 radical (unpaired) electrons. The van der Waals surface area contributed by atoms with E-state index in [1.807, 2.05) is 61.8 Å². The summed E-state index contributed by atoms with van der Waals surface area (Å²) in [5, 5.41) is 6.54. The smallest absolute Gasteiger partial charge is 0.387 e. The fourth-order valence-electron chi connectivity index (χ4n) is 4.64. The van der Waals surface area contributed by atoms with E-state index in [4.69, 9.17) is 4.74 Å². The monoisotopic (exact) mass is 627 g/mol. The topological polar surface area (TPSA) is 105 Å².